The van der Waals surface area contributed by atoms with Crippen LogP contribution in [0.2, 0.25) is 0 Å². The van der Waals surface area contributed by atoms with Crippen molar-refractivity contribution in [2.45, 2.75) is 50.6 Å². The van der Waals surface area contributed by atoms with Crippen molar-refractivity contribution < 1.29 is 14.0 Å². The van der Waals surface area contributed by atoms with E-state index in [1.807, 2.05) is 4.68 Å². The van der Waals surface area contributed by atoms with Gasteiger partial charge in [-0.1, -0.05) is 19.3 Å². The lowest BCUT2D eigenvalue weighted by atomic mass is 9.96. The third kappa shape index (κ3) is 3.98. The Hall–Kier alpha value is -3.23. The second-order valence-electron chi connectivity index (χ2n) is 7.40. The highest BCUT2D eigenvalue weighted by atomic mass is 19.1. The summed E-state index contributed by atoms with van der Waals surface area (Å²) in [5.74, 6) is -0.798. The minimum absolute atomic E-state index is 0.0795. The van der Waals surface area contributed by atoms with Crippen LogP contribution < -0.4 is 16.1 Å². The molecule has 1 aromatic carbocycles. The molecule has 2 amide bonds. The van der Waals surface area contributed by atoms with Gasteiger partial charge in [-0.25, -0.2) is 9.07 Å². The second-order valence-corrected chi connectivity index (χ2v) is 7.40. The van der Waals surface area contributed by atoms with Gasteiger partial charge in [-0.05, 0) is 37.1 Å². The van der Waals surface area contributed by atoms with E-state index in [1.54, 1.807) is 12.3 Å². The normalized spacial score (nSPS) is 19.8. The molecular weight excluding hydrogens is 375 g/mol. The number of aromatic nitrogens is 2. The molecule has 0 bridgehead atoms. The van der Waals surface area contributed by atoms with E-state index < -0.39 is 23.7 Å². The van der Waals surface area contributed by atoms with Gasteiger partial charge in [-0.3, -0.25) is 14.6 Å². The first-order valence-electron chi connectivity index (χ1n) is 9.79. The molecule has 1 unspecified atom stereocenters. The van der Waals surface area contributed by atoms with Gasteiger partial charge < -0.3 is 11.1 Å². The summed E-state index contributed by atoms with van der Waals surface area (Å²) in [5, 5.41) is 12.9. The van der Waals surface area contributed by atoms with Crippen molar-refractivity contribution in [2.75, 3.05) is 10.3 Å². The monoisotopic (exact) mass is 398 g/mol. The lowest BCUT2D eigenvalue weighted by Gasteiger charge is -2.23. The Morgan fingerprint density at radius 2 is 1.83 bits per heavy atom. The highest BCUT2D eigenvalue weighted by Crippen LogP contribution is 2.30. The summed E-state index contributed by atoms with van der Waals surface area (Å²) in [6.45, 7) is 0. The molecular formula is C20H23FN6O2. The number of benzene rings is 1. The van der Waals surface area contributed by atoms with Crippen LogP contribution in [-0.4, -0.2) is 33.3 Å². The summed E-state index contributed by atoms with van der Waals surface area (Å²) in [6, 6.07) is 6.75. The van der Waals surface area contributed by atoms with Crippen molar-refractivity contribution in [3.63, 3.8) is 0 Å². The van der Waals surface area contributed by atoms with Crippen LogP contribution in [0.5, 0.6) is 0 Å². The molecule has 2 heterocycles. The smallest absolute Gasteiger partial charge is 0.273 e. The van der Waals surface area contributed by atoms with Crippen molar-refractivity contribution in [2.24, 2.45) is 10.8 Å². The molecule has 2 aromatic rings. The molecule has 29 heavy (non-hydrogen) atoms. The molecule has 1 atom stereocenters. The van der Waals surface area contributed by atoms with Crippen molar-refractivity contribution in [1.29, 1.82) is 0 Å². The van der Waals surface area contributed by atoms with Crippen molar-refractivity contribution >= 4 is 29.0 Å². The van der Waals surface area contributed by atoms with Gasteiger partial charge in [0.05, 0.1) is 17.9 Å². The maximum Gasteiger partial charge on any atom is 0.273 e. The number of carbonyl (C=O) groups is 2. The number of amides is 2. The number of hydrogen-bond donors (Lipinski definition) is 2. The van der Waals surface area contributed by atoms with Crippen LogP contribution in [0.15, 0.2) is 41.6 Å². The number of primary amides is 1. The number of carbonyl (C=O) groups excluding carboxylic acids is 2. The number of hydrazone groups is 1. The minimum Gasteiger partial charge on any atom is -0.368 e. The van der Waals surface area contributed by atoms with Gasteiger partial charge in [0, 0.05) is 12.5 Å². The molecule has 1 aliphatic heterocycles. The zero-order chi connectivity index (χ0) is 20.4. The first kappa shape index (κ1) is 19.1. The Balaban J connectivity index is 1.53. The largest absolute Gasteiger partial charge is 0.368 e. The zero-order valence-electron chi connectivity index (χ0n) is 15.9. The predicted octanol–water partition coefficient (Wildman–Crippen LogP) is 2.59. The van der Waals surface area contributed by atoms with Gasteiger partial charge in [0.25, 0.3) is 5.91 Å². The highest BCUT2D eigenvalue weighted by molar-refractivity contribution is 6.44. The molecule has 2 aliphatic rings. The van der Waals surface area contributed by atoms with Crippen LogP contribution in [0.4, 0.5) is 15.9 Å². The number of nitrogens with two attached hydrogens (primary N) is 1. The summed E-state index contributed by atoms with van der Waals surface area (Å²) in [6.07, 6.45) is 7.34. The third-order valence-electron chi connectivity index (χ3n) is 5.42. The van der Waals surface area contributed by atoms with Gasteiger partial charge in [0.15, 0.2) is 0 Å². The predicted molar refractivity (Wildman–Crippen MR) is 107 cm³/mol. The van der Waals surface area contributed by atoms with Gasteiger partial charge in [-0.15, -0.1) is 0 Å². The quantitative estimate of drug-likeness (QED) is 0.807. The van der Waals surface area contributed by atoms with Crippen molar-refractivity contribution in [3.8, 4) is 0 Å². The van der Waals surface area contributed by atoms with Crippen LogP contribution in [0, 0.1) is 5.82 Å². The fourth-order valence-corrected chi connectivity index (χ4v) is 3.92. The van der Waals surface area contributed by atoms with E-state index in [2.05, 4.69) is 15.5 Å². The Kier molecular flexibility index (Phi) is 5.28. The van der Waals surface area contributed by atoms with Gasteiger partial charge in [-0.2, -0.15) is 10.2 Å². The van der Waals surface area contributed by atoms with E-state index in [0.717, 1.165) is 25.7 Å². The summed E-state index contributed by atoms with van der Waals surface area (Å²) in [4.78, 5) is 24.7. The topological polar surface area (TPSA) is 106 Å². The Morgan fingerprint density at radius 3 is 2.52 bits per heavy atom. The average Bonchev–Trinajstić information content (AvgIpc) is 3.36. The summed E-state index contributed by atoms with van der Waals surface area (Å²) in [7, 11) is 0. The summed E-state index contributed by atoms with van der Waals surface area (Å²) < 4.78 is 15.1. The fourth-order valence-electron chi connectivity index (χ4n) is 3.92. The SMILES string of the molecule is NC(=O)C1CC(C(=O)Nc2ccnn2C2CCCCC2)=NN1c1ccc(F)cc1. The van der Waals surface area contributed by atoms with E-state index >= 15 is 0 Å². The van der Waals surface area contributed by atoms with Crippen LogP contribution in [-0.2, 0) is 9.59 Å². The van der Waals surface area contributed by atoms with E-state index in [9.17, 15) is 14.0 Å². The lowest BCUT2D eigenvalue weighted by Crippen LogP contribution is -2.39. The maximum absolute atomic E-state index is 13.2. The lowest BCUT2D eigenvalue weighted by molar-refractivity contribution is -0.119. The van der Waals surface area contributed by atoms with Crippen molar-refractivity contribution in [1.82, 2.24) is 9.78 Å². The first-order chi connectivity index (χ1) is 14.0. The molecule has 1 aromatic heterocycles. The number of anilines is 2. The molecule has 9 heteroatoms. The molecule has 0 saturated heterocycles. The minimum atomic E-state index is -0.801. The Bertz CT molecular complexity index is 933. The molecule has 3 N–H and O–H groups in total. The van der Waals surface area contributed by atoms with E-state index in [0.29, 0.717) is 11.5 Å². The Morgan fingerprint density at radius 1 is 1.10 bits per heavy atom. The standard InChI is InChI=1S/C20H23FN6O2/c21-13-6-8-15(9-7-13)26-17(19(22)28)12-16(25-26)20(29)24-18-10-11-23-27(18)14-4-2-1-3-5-14/h6-11,14,17H,1-5,12H2,(H2,22,28)(H,24,29). The van der Waals surface area contributed by atoms with E-state index in [-0.39, 0.29) is 18.2 Å². The van der Waals surface area contributed by atoms with E-state index in [1.165, 1.54) is 35.7 Å². The number of nitrogens with zero attached hydrogens (tertiary/aromatic N) is 4. The number of rotatable bonds is 5. The van der Waals surface area contributed by atoms with Gasteiger partial charge in [0.2, 0.25) is 5.91 Å². The molecule has 0 radical (unpaired) electrons. The second kappa shape index (κ2) is 8.02. The molecule has 152 valence electrons. The van der Waals surface area contributed by atoms with Gasteiger partial charge >= 0.3 is 0 Å². The molecule has 1 fully saturated rings. The van der Waals surface area contributed by atoms with Crippen molar-refractivity contribution in [3.05, 3.63) is 42.3 Å². The number of hydrogen-bond acceptors (Lipinski definition) is 5. The molecule has 8 nitrogen and oxygen atoms in total. The number of nitrogens with one attached hydrogen (secondary N) is 1. The third-order valence-corrected chi connectivity index (χ3v) is 5.42. The Labute approximate surface area is 167 Å². The molecule has 1 saturated carbocycles. The van der Waals surface area contributed by atoms with Crippen LogP contribution >= 0.6 is 0 Å². The average molecular weight is 398 g/mol. The van der Waals surface area contributed by atoms with Crippen LogP contribution in [0.3, 0.4) is 0 Å². The maximum atomic E-state index is 13.2. The molecule has 0 spiro atoms. The zero-order valence-corrected chi connectivity index (χ0v) is 15.9. The van der Waals surface area contributed by atoms with Crippen LogP contribution in [0.1, 0.15) is 44.6 Å². The first-order valence-corrected chi connectivity index (χ1v) is 9.79. The summed E-state index contributed by atoms with van der Waals surface area (Å²) in [5.41, 5.74) is 6.18. The van der Waals surface area contributed by atoms with Gasteiger partial charge in [0.1, 0.15) is 23.4 Å². The van der Waals surface area contributed by atoms with E-state index in [4.69, 9.17) is 5.73 Å². The highest BCUT2D eigenvalue weighted by Gasteiger charge is 2.35. The molecule has 1 aliphatic carbocycles. The van der Waals surface area contributed by atoms with Crippen LogP contribution in [0.25, 0.3) is 0 Å². The molecule has 4 rings (SSSR count). The summed E-state index contributed by atoms with van der Waals surface area (Å²) >= 11 is 0. The fraction of sp³-hybridized carbons (Fsp3) is 0.400. The number of halogens is 1.